The van der Waals surface area contributed by atoms with E-state index in [0.717, 1.165) is 5.57 Å². The summed E-state index contributed by atoms with van der Waals surface area (Å²) in [7, 11) is 1.66. The molecule has 1 aliphatic heterocycles. The summed E-state index contributed by atoms with van der Waals surface area (Å²) in [5.74, 6) is 0.273. The molecule has 0 aliphatic carbocycles. The van der Waals surface area contributed by atoms with E-state index in [9.17, 15) is 9.18 Å². The summed E-state index contributed by atoms with van der Waals surface area (Å²) >= 11 is 0. The van der Waals surface area contributed by atoms with E-state index in [0.29, 0.717) is 36.6 Å². The molecule has 0 spiro atoms. The summed E-state index contributed by atoms with van der Waals surface area (Å²) in [5.41, 5.74) is 2.38. The van der Waals surface area contributed by atoms with E-state index in [-0.39, 0.29) is 17.8 Å². The van der Waals surface area contributed by atoms with Crippen LogP contribution in [0.3, 0.4) is 0 Å². The molecule has 2 amide bonds. The lowest BCUT2D eigenvalue weighted by molar-refractivity contribution is 0.197. The average molecular weight is 344 g/mol. The smallest absolute Gasteiger partial charge is 0.324 e. The number of benzene rings is 1. The van der Waals surface area contributed by atoms with Crippen molar-refractivity contribution in [2.24, 2.45) is 13.0 Å². The molecule has 1 saturated heterocycles. The van der Waals surface area contributed by atoms with Crippen LogP contribution in [0, 0.1) is 18.7 Å². The van der Waals surface area contributed by atoms with Crippen LogP contribution in [-0.2, 0) is 7.05 Å². The molecule has 0 bridgehead atoms. The Labute approximate surface area is 145 Å². The van der Waals surface area contributed by atoms with Crippen LogP contribution in [0.15, 0.2) is 23.8 Å². The predicted molar refractivity (Wildman–Crippen MR) is 92.3 cm³/mol. The van der Waals surface area contributed by atoms with Gasteiger partial charge < -0.3 is 4.90 Å². The van der Waals surface area contributed by atoms with Crippen LogP contribution < -0.4 is 5.32 Å². The van der Waals surface area contributed by atoms with Gasteiger partial charge in [0.1, 0.15) is 5.82 Å². The molecule has 8 heteroatoms. The molecule has 2 heterocycles. The Morgan fingerprint density at radius 1 is 1.44 bits per heavy atom. The number of urea groups is 1. The number of carbonyl (C=O) groups excluding carboxylic acids is 1. The summed E-state index contributed by atoms with van der Waals surface area (Å²) in [6.07, 6.45) is 2.62. The predicted octanol–water partition coefficient (Wildman–Crippen LogP) is 2.61. The molecule has 0 saturated carbocycles. The Balaban J connectivity index is 1.68. The fourth-order valence-corrected chi connectivity index (χ4v) is 2.94. The van der Waals surface area contributed by atoms with Gasteiger partial charge in [-0.15, -0.1) is 0 Å². The molecule has 1 aliphatic rings. The molecule has 1 unspecified atom stereocenters. The highest BCUT2D eigenvalue weighted by Gasteiger charge is 2.25. The molecule has 1 aromatic heterocycles. The third-order valence-corrected chi connectivity index (χ3v) is 4.49. The van der Waals surface area contributed by atoms with Gasteiger partial charge in [-0.3, -0.25) is 5.32 Å². The van der Waals surface area contributed by atoms with Gasteiger partial charge in [0.05, 0.1) is 0 Å². The van der Waals surface area contributed by atoms with Gasteiger partial charge in [-0.25, -0.2) is 13.9 Å². The zero-order valence-corrected chi connectivity index (χ0v) is 14.5. The molecular weight excluding hydrogens is 323 g/mol. The maximum Gasteiger partial charge on any atom is 0.324 e. The average Bonchev–Trinajstić information content (AvgIpc) is 2.98. The van der Waals surface area contributed by atoms with Gasteiger partial charge in [0.25, 0.3) is 5.95 Å². The van der Waals surface area contributed by atoms with E-state index in [1.165, 1.54) is 4.68 Å². The van der Waals surface area contributed by atoms with Crippen molar-refractivity contribution < 1.29 is 9.18 Å². The molecule has 1 fully saturated rings. The second-order valence-electron chi connectivity index (χ2n) is 6.35. The van der Waals surface area contributed by atoms with E-state index >= 15 is 0 Å². The first-order chi connectivity index (χ1) is 12.0. The summed E-state index contributed by atoms with van der Waals surface area (Å²) in [5, 5.41) is 13.6. The number of rotatable bonds is 2. The normalized spacial score (nSPS) is 19.3. The maximum atomic E-state index is 14.2. The lowest BCUT2D eigenvalue weighted by Gasteiger charge is -2.33. The molecule has 25 heavy (non-hydrogen) atoms. The maximum absolute atomic E-state index is 14.2. The first kappa shape index (κ1) is 17.1. The Bertz CT molecular complexity index is 815. The van der Waals surface area contributed by atoms with E-state index in [1.54, 1.807) is 31.0 Å². The van der Waals surface area contributed by atoms with Gasteiger partial charge >= 0.3 is 6.03 Å². The number of anilines is 1. The van der Waals surface area contributed by atoms with Gasteiger partial charge in [-0.1, -0.05) is 41.9 Å². The molecule has 7 nitrogen and oxygen atoms in total. The van der Waals surface area contributed by atoms with E-state index in [4.69, 9.17) is 0 Å². The van der Waals surface area contributed by atoms with Crippen LogP contribution in [0.1, 0.15) is 24.5 Å². The monoisotopic (exact) mass is 344 g/mol. The van der Waals surface area contributed by atoms with Crippen LogP contribution in [0.2, 0.25) is 0 Å². The third kappa shape index (κ3) is 3.67. The molecule has 3 rings (SSSR count). The van der Waals surface area contributed by atoms with E-state index in [2.05, 4.69) is 20.8 Å². The number of likely N-dealkylation sites (tertiary alicyclic amines) is 1. The summed E-state index contributed by atoms with van der Waals surface area (Å²) in [6.45, 7) is 4.94. The number of nitrogens with one attached hydrogen (secondary N) is 1. The second-order valence-corrected chi connectivity index (χ2v) is 6.35. The van der Waals surface area contributed by atoms with Crippen LogP contribution in [0.4, 0.5) is 15.1 Å². The Kier molecular flexibility index (Phi) is 4.78. The van der Waals surface area contributed by atoms with E-state index < -0.39 is 0 Å². The van der Waals surface area contributed by atoms with Crippen molar-refractivity contribution in [1.82, 2.24) is 25.1 Å². The minimum absolute atomic E-state index is 0.150. The fraction of sp³-hybridized carbons (Fsp3) is 0.412. The van der Waals surface area contributed by atoms with Crippen molar-refractivity contribution in [3.05, 3.63) is 40.7 Å². The first-order valence-corrected chi connectivity index (χ1v) is 8.19. The number of carbonyl (C=O) groups is 1. The Hall–Kier alpha value is -2.77. The zero-order valence-electron chi connectivity index (χ0n) is 14.5. The van der Waals surface area contributed by atoms with Crippen LogP contribution >= 0.6 is 0 Å². The van der Waals surface area contributed by atoms with Crippen LogP contribution in [0.25, 0.3) is 6.08 Å². The van der Waals surface area contributed by atoms with Crippen molar-refractivity contribution in [1.29, 1.82) is 0 Å². The first-order valence-electron chi connectivity index (χ1n) is 8.19. The number of halogens is 1. The standard InChI is InChI=1S/C17H21FN6O/c1-11-5-4-6-14(15(11)18)9-13-7-8-24(10-12(13)2)17(25)19-16-20-21-22-23(16)3/h4-6,9,12H,7-8,10H2,1-3H3,(H,19,20,22,25). The SMILES string of the molecule is Cc1cccc(C=C2CCN(C(=O)Nc3nnnn3C)CC2C)c1F. The van der Waals surface area contributed by atoms with Gasteiger partial charge in [0.15, 0.2) is 0 Å². The van der Waals surface area contributed by atoms with Crippen LogP contribution in [0.5, 0.6) is 0 Å². The van der Waals surface area contributed by atoms with Crippen molar-refractivity contribution >= 4 is 18.1 Å². The Morgan fingerprint density at radius 2 is 2.24 bits per heavy atom. The number of hydrogen-bond acceptors (Lipinski definition) is 4. The molecule has 2 aromatic rings. The highest BCUT2D eigenvalue weighted by atomic mass is 19.1. The molecule has 132 valence electrons. The number of tetrazole rings is 1. The number of amides is 2. The van der Waals surface area contributed by atoms with E-state index in [1.807, 2.05) is 19.1 Å². The van der Waals surface area contributed by atoms with Gasteiger partial charge in [0.2, 0.25) is 0 Å². The second kappa shape index (κ2) is 7.00. The summed E-state index contributed by atoms with van der Waals surface area (Å²) in [4.78, 5) is 14.1. The highest BCUT2D eigenvalue weighted by Crippen LogP contribution is 2.26. The lowest BCUT2D eigenvalue weighted by Crippen LogP contribution is -2.42. The Morgan fingerprint density at radius 3 is 2.92 bits per heavy atom. The quantitative estimate of drug-likeness (QED) is 0.909. The number of aryl methyl sites for hydroxylation is 2. The molecule has 1 atom stereocenters. The molecular formula is C17H21FN6O. The third-order valence-electron chi connectivity index (χ3n) is 4.49. The number of nitrogens with zero attached hydrogens (tertiary/aromatic N) is 5. The zero-order chi connectivity index (χ0) is 18.0. The van der Waals surface area contributed by atoms with Crippen molar-refractivity contribution in [3.63, 3.8) is 0 Å². The minimum Gasteiger partial charge on any atom is -0.324 e. The molecule has 0 radical (unpaired) electrons. The number of hydrogen-bond donors (Lipinski definition) is 1. The number of aromatic nitrogens is 4. The topological polar surface area (TPSA) is 75.9 Å². The van der Waals surface area contributed by atoms with Crippen molar-refractivity contribution in [2.45, 2.75) is 20.3 Å². The summed E-state index contributed by atoms with van der Waals surface area (Å²) < 4.78 is 15.6. The number of piperidine rings is 1. The molecule has 1 aromatic carbocycles. The van der Waals surface area contributed by atoms with Gasteiger partial charge in [-0.05, 0) is 35.3 Å². The molecule has 1 N–H and O–H groups in total. The van der Waals surface area contributed by atoms with Gasteiger partial charge in [0, 0.05) is 25.7 Å². The summed E-state index contributed by atoms with van der Waals surface area (Å²) in [6, 6.07) is 5.16. The minimum atomic E-state index is -0.231. The van der Waals surface area contributed by atoms with Crippen molar-refractivity contribution in [3.8, 4) is 0 Å². The van der Waals surface area contributed by atoms with Crippen molar-refractivity contribution in [2.75, 3.05) is 18.4 Å². The van der Waals surface area contributed by atoms with Crippen LogP contribution in [-0.4, -0.2) is 44.2 Å². The largest absolute Gasteiger partial charge is 0.324 e. The fourth-order valence-electron chi connectivity index (χ4n) is 2.94. The highest BCUT2D eigenvalue weighted by molar-refractivity contribution is 5.87. The lowest BCUT2D eigenvalue weighted by atomic mass is 9.91. The van der Waals surface area contributed by atoms with Gasteiger partial charge in [-0.2, -0.15) is 0 Å².